The highest BCUT2D eigenvalue weighted by atomic mass is 35.5. The number of oxazole rings is 1. The van der Waals surface area contributed by atoms with Crippen LogP contribution in [0.15, 0.2) is 71.1 Å². The summed E-state index contributed by atoms with van der Waals surface area (Å²) in [5.41, 5.74) is 3.74. The largest absolute Gasteiger partial charge is 0.440 e. The summed E-state index contributed by atoms with van der Waals surface area (Å²) in [6.45, 7) is 0. The van der Waals surface area contributed by atoms with Crippen LogP contribution in [-0.2, 0) is 6.42 Å². The van der Waals surface area contributed by atoms with Crippen molar-refractivity contribution < 1.29 is 9.21 Å². The molecule has 0 aliphatic carbocycles. The van der Waals surface area contributed by atoms with E-state index < -0.39 is 0 Å². The van der Waals surface area contributed by atoms with Gasteiger partial charge in [-0.25, -0.2) is 4.98 Å². The van der Waals surface area contributed by atoms with Crippen LogP contribution in [0.25, 0.3) is 11.1 Å². The van der Waals surface area contributed by atoms with Crippen molar-refractivity contribution in [2.24, 2.45) is 0 Å². The lowest BCUT2D eigenvalue weighted by Gasteiger charge is -2.06. The maximum atomic E-state index is 12.2. The quantitative estimate of drug-likeness (QED) is 0.461. The lowest BCUT2D eigenvalue weighted by molar-refractivity contribution is 0.102. The van der Waals surface area contributed by atoms with Crippen molar-refractivity contribution in [2.75, 3.05) is 5.32 Å². The first-order valence-corrected chi connectivity index (χ1v) is 9.03. The van der Waals surface area contributed by atoms with Gasteiger partial charge in [0.1, 0.15) is 5.52 Å². The average Bonchev–Trinajstić information content (AvgIpc) is 3.05. The van der Waals surface area contributed by atoms with Gasteiger partial charge in [0.25, 0.3) is 5.91 Å². The maximum Gasteiger partial charge on any atom is 0.255 e. The van der Waals surface area contributed by atoms with Crippen LogP contribution in [0.3, 0.4) is 0 Å². The Morgan fingerprint density at radius 3 is 2.37 bits per heavy atom. The third-order valence-corrected chi connectivity index (χ3v) is 4.55. The lowest BCUT2D eigenvalue weighted by atomic mass is 10.1. The summed E-state index contributed by atoms with van der Waals surface area (Å²) in [7, 11) is 0. The van der Waals surface area contributed by atoms with Crippen molar-refractivity contribution in [3.05, 3.63) is 93.8 Å². The number of halogens is 2. The molecule has 27 heavy (non-hydrogen) atoms. The molecule has 0 fully saturated rings. The molecule has 0 radical (unpaired) electrons. The first-order valence-electron chi connectivity index (χ1n) is 8.28. The molecule has 4 aromatic rings. The zero-order chi connectivity index (χ0) is 18.8. The van der Waals surface area contributed by atoms with Gasteiger partial charge < -0.3 is 9.73 Å². The molecular formula is C21H14Cl2N2O2. The number of benzene rings is 3. The molecule has 1 aromatic heterocycles. The number of hydrogen-bond donors (Lipinski definition) is 1. The van der Waals surface area contributed by atoms with Gasteiger partial charge in [-0.1, -0.05) is 35.3 Å². The first kappa shape index (κ1) is 17.6. The molecule has 1 amide bonds. The normalized spacial score (nSPS) is 10.9. The Morgan fingerprint density at radius 2 is 1.63 bits per heavy atom. The molecule has 3 aromatic carbocycles. The molecule has 0 unspecified atom stereocenters. The van der Waals surface area contributed by atoms with Crippen LogP contribution < -0.4 is 5.32 Å². The minimum Gasteiger partial charge on any atom is -0.440 e. The summed E-state index contributed by atoms with van der Waals surface area (Å²) in [6.07, 6.45) is 0.553. The van der Waals surface area contributed by atoms with E-state index in [-0.39, 0.29) is 5.91 Å². The Bertz CT molecular complexity index is 1100. The van der Waals surface area contributed by atoms with Crippen LogP contribution in [0.1, 0.15) is 21.8 Å². The Morgan fingerprint density at radius 1 is 0.926 bits per heavy atom. The number of hydrogen-bond acceptors (Lipinski definition) is 3. The molecule has 134 valence electrons. The van der Waals surface area contributed by atoms with Crippen molar-refractivity contribution >= 4 is 45.9 Å². The zero-order valence-corrected chi connectivity index (χ0v) is 15.6. The van der Waals surface area contributed by atoms with Gasteiger partial charge in [0.05, 0.1) is 0 Å². The second-order valence-electron chi connectivity index (χ2n) is 6.05. The molecule has 0 saturated heterocycles. The van der Waals surface area contributed by atoms with E-state index >= 15 is 0 Å². The van der Waals surface area contributed by atoms with Gasteiger partial charge in [0, 0.05) is 27.7 Å². The third-order valence-electron chi connectivity index (χ3n) is 4.07. The highest BCUT2D eigenvalue weighted by Crippen LogP contribution is 2.22. The molecule has 4 nitrogen and oxygen atoms in total. The van der Waals surface area contributed by atoms with Crippen LogP contribution in [0.2, 0.25) is 10.0 Å². The van der Waals surface area contributed by atoms with Crippen LogP contribution in [-0.4, -0.2) is 10.9 Å². The highest BCUT2D eigenvalue weighted by molar-refractivity contribution is 6.31. The fourth-order valence-corrected chi connectivity index (χ4v) is 3.00. The number of nitrogens with one attached hydrogen (secondary N) is 1. The van der Waals surface area contributed by atoms with Crippen LogP contribution in [0.5, 0.6) is 0 Å². The number of carbonyl (C=O) groups is 1. The Labute approximate surface area is 165 Å². The SMILES string of the molecule is O=C(Nc1ccc(Cc2nc3cc(Cl)ccc3o2)cc1)c1ccc(Cl)cc1. The lowest BCUT2D eigenvalue weighted by Crippen LogP contribution is -2.11. The Hall–Kier alpha value is -2.82. The maximum absolute atomic E-state index is 12.2. The van der Waals surface area contributed by atoms with Gasteiger partial charge >= 0.3 is 0 Å². The number of nitrogens with zero attached hydrogens (tertiary/aromatic N) is 1. The van der Waals surface area contributed by atoms with E-state index in [1.54, 1.807) is 36.4 Å². The fourth-order valence-electron chi connectivity index (χ4n) is 2.71. The number of amides is 1. The zero-order valence-electron chi connectivity index (χ0n) is 14.1. The minimum absolute atomic E-state index is 0.185. The molecule has 0 atom stereocenters. The van der Waals surface area contributed by atoms with Crippen LogP contribution in [0.4, 0.5) is 5.69 Å². The summed E-state index contributed by atoms with van der Waals surface area (Å²) >= 11 is 11.8. The number of rotatable bonds is 4. The number of carbonyl (C=O) groups excluding carboxylic acids is 1. The average molecular weight is 397 g/mol. The van der Waals surface area contributed by atoms with Gasteiger partial charge in [0.15, 0.2) is 11.5 Å². The molecule has 1 N–H and O–H groups in total. The van der Waals surface area contributed by atoms with Gasteiger partial charge in [-0.05, 0) is 60.2 Å². The van der Waals surface area contributed by atoms with E-state index in [2.05, 4.69) is 10.3 Å². The predicted octanol–water partition coefficient (Wildman–Crippen LogP) is 5.98. The van der Waals surface area contributed by atoms with E-state index in [9.17, 15) is 4.79 Å². The molecule has 4 rings (SSSR count). The van der Waals surface area contributed by atoms with E-state index in [1.165, 1.54) is 0 Å². The summed E-state index contributed by atoms with van der Waals surface area (Å²) < 4.78 is 5.74. The van der Waals surface area contributed by atoms with Crippen molar-refractivity contribution in [2.45, 2.75) is 6.42 Å². The van der Waals surface area contributed by atoms with Crippen molar-refractivity contribution in [1.29, 1.82) is 0 Å². The van der Waals surface area contributed by atoms with Crippen molar-refractivity contribution in [1.82, 2.24) is 4.98 Å². The summed E-state index contributed by atoms with van der Waals surface area (Å²) in [5.74, 6) is 0.431. The minimum atomic E-state index is -0.185. The van der Waals surface area contributed by atoms with Gasteiger partial charge in [-0.15, -0.1) is 0 Å². The molecule has 0 saturated carbocycles. The summed E-state index contributed by atoms with van der Waals surface area (Å²) in [6, 6.07) is 19.7. The molecule has 0 aliphatic heterocycles. The fraction of sp³-hybridized carbons (Fsp3) is 0.0476. The standard InChI is InChI=1S/C21H14Cl2N2O2/c22-15-5-3-14(4-6-15)21(26)24-17-8-1-13(2-9-17)11-20-25-18-12-16(23)7-10-19(18)27-20/h1-10,12H,11H2,(H,24,26). The Balaban J connectivity index is 1.45. The van der Waals surface area contributed by atoms with E-state index in [0.717, 1.165) is 11.1 Å². The molecule has 0 spiro atoms. The number of anilines is 1. The highest BCUT2D eigenvalue weighted by Gasteiger charge is 2.09. The second-order valence-corrected chi connectivity index (χ2v) is 6.93. The number of aromatic nitrogens is 1. The third kappa shape index (κ3) is 4.13. The van der Waals surface area contributed by atoms with Crippen molar-refractivity contribution in [3.8, 4) is 0 Å². The molecule has 6 heteroatoms. The van der Waals surface area contributed by atoms with Gasteiger partial charge in [-0.2, -0.15) is 0 Å². The second kappa shape index (κ2) is 7.43. The van der Waals surface area contributed by atoms with E-state index in [0.29, 0.717) is 39.2 Å². The topological polar surface area (TPSA) is 55.1 Å². The van der Waals surface area contributed by atoms with Crippen LogP contribution >= 0.6 is 23.2 Å². The molecule has 0 bridgehead atoms. The first-order chi connectivity index (χ1) is 13.1. The molecule has 0 aliphatic rings. The van der Waals surface area contributed by atoms with E-state index in [1.807, 2.05) is 30.3 Å². The van der Waals surface area contributed by atoms with Gasteiger partial charge in [-0.3, -0.25) is 4.79 Å². The summed E-state index contributed by atoms with van der Waals surface area (Å²) in [4.78, 5) is 16.7. The number of fused-ring (bicyclic) bond motifs is 1. The smallest absolute Gasteiger partial charge is 0.255 e. The molecular weight excluding hydrogens is 383 g/mol. The predicted molar refractivity (Wildman–Crippen MR) is 108 cm³/mol. The Kier molecular flexibility index (Phi) is 4.84. The van der Waals surface area contributed by atoms with E-state index in [4.69, 9.17) is 27.6 Å². The van der Waals surface area contributed by atoms with Gasteiger partial charge in [0.2, 0.25) is 0 Å². The van der Waals surface area contributed by atoms with Crippen molar-refractivity contribution in [3.63, 3.8) is 0 Å². The molecule has 1 heterocycles. The monoisotopic (exact) mass is 396 g/mol. The summed E-state index contributed by atoms with van der Waals surface area (Å²) in [5, 5.41) is 4.08. The van der Waals surface area contributed by atoms with Crippen LogP contribution in [0, 0.1) is 0 Å².